The van der Waals surface area contributed by atoms with E-state index in [-0.39, 0.29) is 11.2 Å². The summed E-state index contributed by atoms with van der Waals surface area (Å²) in [4.78, 5) is 4.51. The zero-order valence-corrected chi connectivity index (χ0v) is 14.0. The van der Waals surface area contributed by atoms with E-state index in [9.17, 15) is 0 Å². The standard InChI is InChI=1S/C17H19BClNO2/c1-16(2)17(3,4)22-18(21-16)13-9-7-11-20-15(13)12-8-5-6-10-14(12)19/h5-11H,1-4H3. The number of nitrogens with zero attached hydrogens (tertiary/aromatic N) is 1. The third kappa shape index (κ3) is 2.56. The van der Waals surface area contributed by atoms with Crippen LogP contribution < -0.4 is 5.46 Å². The molecule has 2 heterocycles. The number of halogens is 1. The maximum atomic E-state index is 6.33. The molecule has 0 saturated carbocycles. The highest BCUT2D eigenvalue weighted by atomic mass is 35.5. The topological polar surface area (TPSA) is 31.4 Å². The molecule has 3 nitrogen and oxygen atoms in total. The van der Waals surface area contributed by atoms with Gasteiger partial charge in [0, 0.05) is 22.2 Å². The quantitative estimate of drug-likeness (QED) is 0.792. The van der Waals surface area contributed by atoms with E-state index in [0.29, 0.717) is 5.02 Å². The molecular formula is C17H19BClNO2. The Kier molecular flexibility index (Phi) is 3.80. The normalized spacial score (nSPS) is 19.4. The molecule has 1 aromatic heterocycles. The molecule has 0 radical (unpaired) electrons. The van der Waals surface area contributed by atoms with Gasteiger partial charge in [0.05, 0.1) is 16.9 Å². The minimum absolute atomic E-state index is 0.384. The first kappa shape index (κ1) is 15.5. The van der Waals surface area contributed by atoms with Gasteiger partial charge in [-0.05, 0) is 39.8 Å². The van der Waals surface area contributed by atoms with E-state index in [2.05, 4.69) is 4.98 Å². The van der Waals surface area contributed by atoms with Gasteiger partial charge in [0.25, 0.3) is 0 Å². The van der Waals surface area contributed by atoms with Gasteiger partial charge in [-0.15, -0.1) is 0 Å². The van der Waals surface area contributed by atoms with Gasteiger partial charge in [-0.2, -0.15) is 0 Å². The molecular weight excluding hydrogens is 296 g/mol. The Hall–Kier alpha value is -1.36. The fourth-order valence-electron chi connectivity index (χ4n) is 2.46. The second-order valence-electron chi connectivity index (χ2n) is 6.51. The van der Waals surface area contributed by atoms with Gasteiger partial charge in [-0.25, -0.2) is 0 Å². The predicted octanol–water partition coefficient (Wildman–Crippen LogP) is 3.70. The van der Waals surface area contributed by atoms with Crippen molar-refractivity contribution < 1.29 is 9.31 Å². The summed E-state index contributed by atoms with van der Waals surface area (Å²) in [6, 6.07) is 11.5. The van der Waals surface area contributed by atoms with E-state index in [1.54, 1.807) is 6.20 Å². The van der Waals surface area contributed by atoms with Crippen LogP contribution in [-0.2, 0) is 9.31 Å². The summed E-state index contributed by atoms with van der Waals surface area (Å²) in [6.07, 6.45) is 1.76. The van der Waals surface area contributed by atoms with Crippen molar-refractivity contribution in [3.63, 3.8) is 0 Å². The highest BCUT2D eigenvalue weighted by Gasteiger charge is 2.52. The van der Waals surface area contributed by atoms with Gasteiger partial charge in [0.15, 0.2) is 0 Å². The van der Waals surface area contributed by atoms with Crippen LogP contribution >= 0.6 is 11.6 Å². The molecule has 1 saturated heterocycles. The summed E-state index contributed by atoms with van der Waals surface area (Å²) in [6.45, 7) is 8.16. The number of hydrogen-bond donors (Lipinski definition) is 0. The van der Waals surface area contributed by atoms with Gasteiger partial charge in [-0.1, -0.05) is 35.9 Å². The lowest BCUT2D eigenvalue weighted by atomic mass is 9.76. The average molecular weight is 316 g/mol. The molecule has 1 aliphatic heterocycles. The average Bonchev–Trinajstić information content (AvgIpc) is 2.68. The van der Waals surface area contributed by atoms with Crippen molar-refractivity contribution in [1.29, 1.82) is 0 Å². The lowest BCUT2D eigenvalue weighted by molar-refractivity contribution is 0.00578. The fourth-order valence-corrected chi connectivity index (χ4v) is 2.68. The summed E-state index contributed by atoms with van der Waals surface area (Å²) in [5.74, 6) is 0. The summed E-state index contributed by atoms with van der Waals surface area (Å²) in [5.41, 5.74) is 1.81. The van der Waals surface area contributed by atoms with Crippen LogP contribution in [0.1, 0.15) is 27.7 Å². The van der Waals surface area contributed by atoms with E-state index in [1.807, 2.05) is 64.1 Å². The molecule has 0 amide bonds. The van der Waals surface area contributed by atoms with Crippen LogP contribution in [0.15, 0.2) is 42.6 Å². The first-order valence-electron chi connectivity index (χ1n) is 7.37. The van der Waals surface area contributed by atoms with Crippen LogP contribution in [0, 0.1) is 0 Å². The van der Waals surface area contributed by atoms with E-state index in [4.69, 9.17) is 20.9 Å². The molecule has 0 aliphatic carbocycles. The molecule has 1 aromatic carbocycles. The SMILES string of the molecule is CC1(C)OB(c2cccnc2-c2ccccc2Cl)OC1(C)C. The zero-order valence-electron chi connectivity index (χ0n) is 13.3. The van der Waals surface area contributed by atoms with E-state index in [0.717, 1.165) is 16.7 Å². The molecule has 0 N–H and O–H groups in total. The van der Waals surface area contributed by atoms with Crippen molar-refractivity contribution in [1.82, 2.24) is 4.98 Å². The van der Waals surface area contributed by atoms with E-state index < -0.39 is 7.12 Å². The number of pyridine rings is 1. The van der Waals surface area contributed by atoms with Crippen LogP contribution in [-0.4, -0.2) is 23.3 Å². The molecule has 0 spiro atoms. The predicted molar refractivity (Wildman–Crippen MR) is 90.4 cm³/mol. The van der Waals surface area contributed by atoms with Gasteiger partial charge in [0.1, 0.15) is 0 Å². The maximum Gasteiger partial charge on any atom is 0.497 e. The van der Waals surface area contributed by atoms with Gasteiger partial charge in [0.2, 0.25) is 0 Å². The zero-order chi connectivity index (χ0) is 16.0. The van der Waals surface area contributed by atoms with Crippen LogP contribution in [0.4, 0.5) is 0 Å². The molecule has 114 valence electrons. The van der Waals surface area contributed by atoms with E-state index >= 15 is 0 Å². The molecule has 0 atom stereocenters. The van der Waals surface area contributed by atoms with Crippen LogP contribution in [0.25, 0.3) is 11.3 Å². The molecule has 1 aliphatic rings. The largest absolute Gasteiger partial charge is 0.497 e. The van der Waals surface area contributed by atoms with Gasteiger partial charge < -0.3 is 9.31 Å². The molecule has 3 rings (SSSR count). The first-order chi connectivity index (χ1) is 10.3. The minimum Gasteiger partial charge on any atom is -0.399 e. The lowest BCUT2D eigenvalue weighted by Crippen LogP contribution is -2.41. The Morgan fingerprint density at radius 3 is 2.23 bits per heavy atom. The Morgan fingerprint density at radius 1 is 0.955 bits per heavy atom. The molecule has 0 unspecified atom stereocenters. The minimum atomic E-state index is -0.454. The third-order valence-electron chi connectivity index (χ3n) is 4.48. The molecule has 0 bridgehead atoms. The number of benzene rings is 1. The number of aromatic nitrogens is 1. The molecule has 5 heteroatoms. The van der Waals surface area contributed by atoms with Gasteiger partial charge in [-0.3, -0.25) is 4.98 Å². The van der Waals surface area contributed by atoms with Crippen LogP contribution in [0.2, 0.25) is 5.02 Å². The molecule has 1 fully saturated rings. The van der Waals surface area contributed by atoms with Crippen molar-refractivity contribution in [3.8, 4) is 11.3 Å². The van der Waals surface area contributed by atoms with Crippen molar-refractivity contribution in [2.24, 2.45) is 0 Å². The summed E-state index contributed by atoms with van der Waals surface area (Å²) in [5, 5.41) is 0.666. The fraction of sp³-hybridized carbons (Fsp3) is 0.353. The lowest BCUT2D eigenvalue weighted by Gasteiger charge is -2.32. The summed E-state index contributed by atoms with van der Waals surface area (Å²) < 4.78 is 12.3. The highest BCUT2D eigenvalue weighted by Crippen LogP contribution is 2.37. The Balaban J connectivity index is 2.06. The smallest absolute Gasteiger partial charge is 0.399 e. The summed E-state index contributed by atoms with van der Waals surface area (Å²) in [7, 11) is -0.454. The van der Waals surface area contributed by atoms with Crippen molar-refractivity contribution in [2.75, 3.05) is 0 Å². The Morgan fingerprint density at radius 2 is 1.59 bits per heavy atom. The monoisotopic (exact) mass is 315 g/mol. The van der Waals surface area contributed by atoms with Crippen LogP contribution in [0.5, 0.6) is 0 Å². The van der Waals surface area contributed by atoms with Crippen molar-refractivity contribution >= 4 is 24.2 Å². The molecule has 22 heavy (non-hydrogen) atoms. The summed E-state index contributed by atoms with van der Waals surface area (Å²) >= 11 is 6.33. The second kappa shape index (κ2) is 5.37. The molecule has 2 aromatic rings. The van der Waals surface area contributed by atoms with Crippen LogP contribution in [0.3, 0.4) is 0 Å². The number of hydrogen-bond acceptors (Lipinski definition) is 3. The maximum absolute atomic E-state index is 6.33. The Bertz CT molecular complexity index is 687. The Labute approximate surface area is 136 Å². The van der Waals surface area contributed by atoms with Crippen molar-refractivity contribution in [2.45, 2.75) is 38.9 Å². The van der Waals surface area contributed by atoms with Gasteiger partial charge >= 0.3 is 7.12 Å². The van der Waals surface area contributed by atoms with Crippen molar-refractivity contribution in [3.05, 3.63) is 47.6 Å². The second-order valence-corrected chi connectivity index (χ2v) is 6.92. The number of rotatable bonds is 2. The van der Waals surface area contributed by atoms with E-state index in [1.165, 1.54) is 0 Å². The first-order valence-corrected chi connectivity index (χ1v) is 7.75. The third-order valence-corrected chi connectivity index (χ3v) is 4.80. The highest BCUT2D eigenvalue weighted by molar-refractivity contribution is 6.63.